The van der Waals surface area contributed by atoms with Gasteiger partial charge in [0.2, 0.25) is 5.91 Å². The fourth-order valence-corrected chi connectivity index (χ4v) is 1.40. The number of ether oxygens (including phenoxy) is 2. The van der Waals surface area contributed by atoms with Crippen molar-refractivity contribution in [3.05, 3.63) is 24.3 Å². The smallest absolute Gasteiger partial charge is 0.261 e. The highest BCUT2D eigenvalue weighted by Gasteiger charge is 2.03. The van der Waals surface area contributed by atoms with Gasteiger partial charge in [-0.1, -0.05) is 0 Å². The third-order valence-electron chi connectivity index (χ3n) is 2.33. The molecule has 20 heavy (non-hydrogen) atoms. The summed E-state index contributed by atoms with van der Waals surface area (Å²) in [5.74, 6) is 0.487. The van der Waals surface area contributed by atoms with Crippen LogP contribution in [0.15, 0.2) is 24.3 Å². The van der Waals surface area contributed by atoms with E-state index in [4.69, 9.17) is 4.74 Å². The maximum absolute atomic E-state index is 11.8. The molecule has 112 valence electrons. The van der Waals surface area contributed by atoms with E-state index in [1.807, 2.05) is 0 Å². The Hall–Kier alpha value is -1.73. The molecule has 0 unspecified atom stereocenters. The molecule has 0 saturated carbocycles. The molecule has 0 atom stereocenters. The molecule has 5 nitrogen and oxygen atoms in total. The molecule has 0 heterocycles. The monoisotopic (exact) mass is 288 g/mol. The quantitative estimate of drug-likeness (QED) is 0.676. The number of carbonyl (C=O) groups is 1. The molecule has 1 rings (SSSR count). The molecule has 7 heteroatoms. The molecule has 0 aliphatic heterocycles. The topological polar surface area (TPSA) is 59.6 Å². The molecule has 0 saturated heterocycles. The Labute approximate surface area is 116 Å². The van der Waals surface area contributed by atoms with E-state index >= 15 is 0 Å². The van der Waals surface area contributed by atoms with Gasteiger partial charge in [-0.25, -0.2) is 8.78 Å². The second kappa shape index (κ2) is 9.22. The first-order valence-electron chi connectivity index (χ1n) is 6.12. The van der Waals surface area contributed by atoms with Crippen molar-refractivity contribution < 1.29 is 23.0 Å². The predicted octanol–water partition coefficient (Wildman–Crippen LogP) is 1.50. The summed E-state index contributed by atoms with van der Waals surface area (Å²) in [5.41, 5.74) is 0.659. The van der Waals surface area contributed by atoms with E-state index in [1.54, 1.807) is 31.4 Å². The van der Waals surface area contributed by atoms with Crippen LogP contribution in [-0.2, 0) is 9.53 Å². The minimum Gasteiger partial charge on any atom is -0.497 e. The van der Waals surface area contributed by atoms with E-state index in [2.05, 4.69) is 15.4 Å². The molecular formula is C13H18F2N2O3. The van der Waals surface area contributed by atoms with Gasteiger partial charge in [-0.2, -0.15) is 0 Å². The van der Waals surface area contributed by atoms with Crippen LogP contribution in [0.2, 0.25) is 0 Å². The van der Waals surface area contributed by atoms with Crippen molar-refractivity contribution in [3.63, 3.8) is 0 Å². The molecule has 0 fully saturated rings. The number of carbonyl (C=O) groups excluding carboxylic acids is 1. The molecule has 0 radical (unpaired) electrons. The molecule has 0 spiro atoms. The lowest BCUT2D eigenvalue weighted by molar-refractivity contribution is -0.115. The molecule has 0 aliphatic rings. The van der Waals surface area contributed by atoms with Gasteiger partial charge in [0.15, 0.2) is 0 Å². The zero-order chi connectivity index (χ0) is 14.8. The molecular weight excluding hydrogens is 270 g/mol. The SMILES string of the molecule is COc1ccc(NC(=O)CNCCOCC(F)F)cc1. The number of hydrogen-bond donors (Lipinski definition) is 2. The number of rotatable bonds is 9. The number of nitrogens with one attached hydrogen (secondary N) is 2. The van der Waals surface area contributed by atoms with Crippen molar-refractivity contribution in [2.24, 2.45) is 0 Å². The summed E-state index contributed by atoms with van der Waals surface area (Å²) < 4.78 is 33.2. The maximum Gasteiger partial charge on any atom is 0.261 e. The molecule has 2 N–H and O–H groups in total. The van der Waals surface area contributed by atoms with E-state index in [-0.39, 0.29) is 19.1 Å². The third-order valence-corrected chi connectivity index (χ3v) is 2.33. The van der Waals surface area contributed by atoms with E-state index in [0.29, 0.717) is 18.0 Å². The molecule has 1 amide bonds. The van der Waals surface area contributed by atoms with Crippen LogP contribution in [-0.4, -0.2) is 45.7 Å². The van der Waals surface area contributed by atoms with Gasteiger partial charge >= 0.3 is 0 Å². The molecule has 0 aromatic heterocycles. The largest absolute Gasteiger partial charge is 0.497 e. The summed E-state index contributed by atoms with van der Waals surface area (Å²) in [4.78, 5) is 11.5. The van der Waals surface area contributed by atoms with Crippen molar-refractivity contribution in [1.29, 1.82) is 0 Å². The first-order valence-corrected chi connectivity index (χ1v) is 6.12. The average Bonchev–Trinajstić information content (AvgIpc) is 2.43. The Morgan fingerprint density at radius 1 is 1.30 bits per heavy atom. The van der Waals surface area contributed by atoms with E-state index < -0.39 is 13.0 Å². The Morgan fingerprint density at radius 2 is 2.00 bits per heavy atom. The van der Waals surface area contributed by atoms with Crippen LogP contribution >= 0.6 is 0 Å². The van der Waals surface area contributed by atoms with Crippen molar-refractivity contribution in [2.75, 3.05) is 38.7 Å². The van der Waals surface area contributed by atoms with Gasteiger partial charge < -0.3 is 20.1 Å². The molecule has 1 aromatic carbocycles. The van der Waals surface area contributed by atoms with E-state index in [9.17, 15) is 13.6 Å². The second-order valence-corrected chi connectivity index (χ2v) is 3.92. The minimum absolute atomic E-state index is 0.0874. The summed E-state index contributed by atoms with van der Waals surface area (Å²) in [7, 11) is 1.56. The summed E-state index contributed by atoms with van der Waals surface area (Å²) in [5, 5.41) is 5.48. The maximum atomic E-state index is 11.8. The fourth-order valence-electron chi connectivity index (χ4n) is 1.40. The van der Waals surface area contributed by atoms with E-state index in [1.165, 1.54) is 0 Å². The minimum atomic E-state index is -2.46. The first-order chi connectivity index (χ1) is 9.61. The summed E-state index contributed by atoms with van der Waals surface area (Å²) in [6, 6.07) is 6.92. The number of halogens is 2. The number of alkyl halides is 2. The summed E-state index contributed by atoms with van der Waals surface area (Å²) in [6.45, 7) is -0.0211. The van der Waals surface area contributed by atoms with Gasteiger partial charge in [-0.05, 0) is 24.3 Å². The van der Waals surface area contributed by atoms with Gasteiger partial charge in [0.1, 0.15) is 12.4 Å². The van der Waals surface area contributed by atoms with Gasteiger partial charge in [0, 0.05) is 12.2 Å². The predicted molar refractivity (Wildman–Crippen MR) is 71.3 cm³/mol. The summed E-state index contributed by atoms with van der Waals surface area (Å²) >= 11 is 0. The Morgan fingerprint density at radius 3 is 2.60 bits per heavy atom. The lowest BCUT2D eigenvalue weighted by Gasteiger charge is -2.08. The molecule has 1 aromatic rings. The van der Waals surface area contributed by atoms with Crippen LogP contribution in [0.5, 0.6) is 5.75 Å². The van der Waals surface area contributed by atoms with Crippen LogP contribution in [0, 0.1) is 0 Å². The third kappa shape index (κ3) is 7.01. The average molecular weight is 288 g/mol. The highest BCUT2D eigenvalue weighted by Crippen LogP contribution is 2.14. The number of benzene rings is 1. The van der Waals surface area contributed by atoms with Crippen LogP contribution < -0.4 is 15.4 Å². The number of anilines is 1. The number of hydrogen-bond acceptors (Lipinski definition) is 4. The van der Waals surface area contributed by atoms with Crippen LogP contribution in [0.25, 0.3) is 0 Å². The van der Waals surface area contributed by atoms with Crippen molar-refractivity contribution >= 4 is 11.6 Å². The summed E-state index contributed by atoms with van der Waals surface area (Å²) in [6.07, 6.45) is -2.46. The normalized spacial score (nSPS) is 10.6. The van der Waals surface area contributed by atoms with Crippen LogP contribution in [0.3, 0.4) is 0 Å². The highest BCUT2D eigenvalue weighted by molar-refractivity contribution is 5.92. The lowest BCUT2D eigenvalue weighted by Crippen LogP contribution is -2.30. The Kier molecular flexibility index (Phi) is 7.52. The highest BCUT2D eigenvalue weighted by atomic mass is 19.3. The second-order valence-electron chi connectivity index (χ2n) is 3.92. The van der Waals surface area contributed by atoms with Gasteiger partial charge in [-0.15, -0.1) is 0 Å². The lowest BCUT2D eigenvalue weighted by atomic mass is 10.3. The van der Waals surface area contributed by atoms with Gasteiger partial charge in [-0.3, -0.25) is 4.79 Å². The molecule has 0 bridgehead atoms. The fraction of sp³-hybridized carbons (Fsp3) is 0.462. The van der Waals surface area contributed by atoms with Crippen molar-refractivity contribution in [2.45, 2.75) is 6.43 Å². The zero-order valence-electron chi connectivity index (χ0n) is 11.2. The van der Waals surface area contributed by atoms with Crippen molar-refractivity contribution in [1.82, 2.24) is 5.32 Å². The van der Waals surface area contributed by atoms with Gasteiger partial charge in [0.25, 0.3) is 6.43 Å². The first kappa shape index (κ1) is 16.3. The number of amides is 1. The van der Waals surface area contributed by atoms with Crippen molar-refractivity contribution in [3.8, 4) is 5.75 Å². The van der Waals surface area contributed by atoms with Crippen LogP contribution in [0.1, 0.15) is 0 Å². The van der Waals surface area contributed by atoms with Gasteiger partial charge in [0.05, 0.1) is 20.3 Å². The Balaban J connectivity index is 2.13. The number of methoxy groups -OCH3 is 1. The zero-order valence-corrected chi connectivity index (χ0v) is 11.2. The van der Waals surface area contributed by atoms with E-state index in [0.717, 1.165) is 0 Å². The molecule has 0 aliphatic carbocycles. The Bertz CT molecular complexity index is 399. The standard InChI is InChI=1S/C13H18F2N2O3/c1-19-11-4-2-10(3-5-11)17-13(18)8-16-6-7-20-9-12(14)15/h2-5,12,16H,6-9H2,1H3,(H,17,18). The van der Waals surface area contributed by atoms with Crippen LogP contribution in [0.4, 0.5) is 14.5 Å².